The molecule has 0 bridgehead atoms. The number of rotatable bonds is 8. The molecule has 0 spiro atoms. The summed E-state index contributed by atoms with van der Waals surface area (Å²) < 4.78 is 11.5. The Morgan fingerprint density at radius 3 is 2.43 bits per heavy atom. The van der Waals surface area contributed by atoms with Crippen molar-refractivity contribution in [2.75, 3.05) is 23.5 Å². The van der Waals surface area contributed by atoms with Gasteiger partial charge in [-0.15, -0.1) is 0 Å². The Morgan fingerprint density at radius 2 is 1.73 bits per heavy atom. The molecule has 1 aliphatic heterocycles. The Balaban J connectivity index is 1.49. The van der Waals surface area contributed by atoms with E-state index in [0.717, 1.165) is 5.56 Å². The highest BCUT2D eigenvalue weighted by molar-refractivity contribution is 6.42. The van der Waals surface area contributed by atoms with Gasteiger partial charge < -0.3 is 14.8 Å². The van der Waals surface area contributed by atoms with Crippen LogP contribution in [0.3, 0.4) is 0 Å². The van der Waals surface area contributed by atoms with Crippen molar-refractivity contribution >= 4 is 58.2 Å². The number of amides is 2. The molecule has 0 aliphatic carbocycles. The monoisotopic (exact) mass is 537 g/mol. The third-order valence-electron chi connectivity index (χ3n) is 5.48. The molecule has 3 aromatic rings. The fourth-order valence-corrected chi connectivity index (χ4v) is 3.91. The second-order valence-corrected chi connectivity index (χ2v) is 9.12. The second-order valence-electron chi connectivity index (χ2n) is 8.30. The fraction of sp³-hybridized carbons (Fsp3) is 0.179. The summed E-state index contributed by atoms with van der Waals surface area (Å²) in [4.78, 5) is 25.4. The number of hydrogen-bond acceptors (Lipinski definition) is 5. The summed E-state index contributed by atoms with van der Waals surface area (Å²) in [5, 5.41) is 9.20. The highest BCUT2D eigenvalue weighted by Crippen LogP contribution is 2.33. The summed E-state index contributed by atoms with van der Waals surface area (Å²) in [6.07, 6.45) is 1.73. The molecule has 9 heteroatoms. The average Bonchev–Trinajstić information content (AvgIpc) is 3.15. The largest absolute Gasteiger partial charge is 0.490 e. The van der Waals surface area contributed by atoms with Crippen LogP contribution in [0.15, 0.2) is 71.3 Å². The molecule has 0 radical (unpaired) electrons. The van der Waals surface area contributed by atoms with E-state index in [0.29, 0.717) is 56.4 Å². The van der Waals surface area contributed by atoms with Gasteiger partial charge in [-0.25, -0.2) is 0 Å². The molecular formula is C28H25Cl2N3O4. The molecule has 7 nitrogen and oxygen atoms in total. The van der Waals surface area contributed by atoms with Crippen LogP contribution in [0.25, 0.3) is 6.08 Å². The summed E-state index contributed by atoms with van der Waals surface area (Å²) in [5.74, 6) is 0.301. The van der Waals surface area contributed by atoms with Crippen molar-refractivity contribution in [2.45, 2.75) is 20.8 Å². The number of ether oxygens (including phenoxy) is 2. The first-order valence-corrected chi connectivity index (χ1v) is 12.3. The van der Waals surface area contributed by atoms with E-state index in [1.165, 1.54) is 5.01 Å². The third-order valence-corrected chi connectivity index (χ3v) is 6.22. The minimum absolute atomic E-state index is 0.183. The normalized spacial score (nSPS) is 14.1. The number of hydrazone groups is 1. The van der Waals surface area contributed by atoms with E-state index in [1.807, 2.05) is 38.1 Å². The third kappa shape index (κ3) is 6.31. The lowest BCUT2D eigenvalue weighted by Gasteiger charge is -2.13. The fourth-order valence-electron chi connectivity index (χ4n) is 3.62. The summed E-state index contributed by atoms with van der Waals surface area (Å²) in [6, 6.07) is 17.6. The maximum absolute atomic E-state index is 13.1. The van der Waals surface area contributed by atoms with Crippen LogP contribution >= 0.6 is 23.2 Å². The molecule has 0 atom stereocenters. The van der Waals surface area contributed by atoms with Gasteiger partial charge in [0.15, 0.2) is 18.1 Å². The zero-order chi connectivity index (χ0) is 26.5. The van der Waals surface area contributed by atoms with Gasteiger partial charge in [-0.05, 0) is 74.9 Å². The van der Waals surface area contributed by atoms with Crippen LogP contribution in [-0.4, -0.2) is 30.7 Å². The van der Waals surface area contributed by atoms with E-state index in [1.54, 1.807) is 49.4 Å². The number of carbonyl (C=O) groups is 2. The number of benzene rings is 3. The lowest BCUT2D eigenvalue weighted by Crippen LogP contribution is -2.21. The van der Waals surface area contributed by atoms with Gasteiger partial charge in [0.25, 0.3) is 11.8 Å². The molecule has 1 heterocycles. The van der Waals surface area contributed by atoms with Gasteiger partial charge in [-0.3, -0.25) is 9.59 Å². The van der Waals surface area contributed by atoms with Gasteiger partial charge in [0.1, 0.15) is 0 Å². The Labute approximate surface area is 225 Å². The van der Waals surface area contributed by atoms with Crippen molar-refractivity contribution in [2.24, 2.45) is 5.10 Å². The molecule has 0 unspecified atom stereocenters. The molecule has 0 aromatic heterocycles. The number of anilines is 2. The lowest BCUT2D eigenvalue weighted by atomic mass is 10.1. The molecule has 1 aliphatic rings. The Morgan fingerprint density at radius 1 is 0.973 bits per heavy atom. The molecule has 0 saturated heterocycles. The second kappa shape index (κ2) is 11.5. The molecular weight excluding hydrogens is 513 g/mol. The average molecular weight is 538 g/mol. The summed E-state index contributed by atoms with van der Waals surface area (Å²) in [5.41, 5.74) is 4.02. The molecule has 2 amide bonds. The van der Waals surface area contributed by atoms with Gasteiger partial charge in [0, 0.05) is 5.69 Å². The van der Waals surface area contributed by atoms with Crippen LogP contribution < -0.4 is 19.8 Å². The van der Waals surface area contributed by atoms with Crippen LogP contribution in [0, 0.1) is 6.92 Å². The van der Waals surface area contributed by atoms with Crippen LogP contribution in [-0.2, 0) is 9.59 Å². The number of nitrogens with one attached hydrogen (secondary N) is 1. The van der Waals surface area contributed by atoms with E-state index >= 15 is 0 Å². The minimum atomic E-state index is -0.290. The lowest BCUT2D eigenvalue weighted by molar-refractivity contribution is -0.118. The SMILES string of the molecule is CCOc1cc(/C=C2/C(=O)N(c3ccc(Cl)c(Cl)c3)N=C2C)ccc1OCC(=O)Nc1ccc(C)cc1. The van der Waals surface area contributed by atoms with E-state index in [-0.39, 0.29) is 18.4 Å². The standard InChI is InChI=1S/C28H25Cl2N3O4/c1-4-36-26-14-19(7-12-25(26)37-16-27(34)31-20-8-5-17(2)6-9-20)13-22-18(3)32-33(28(22)35)21-10-11-23(29)24(30)15-21/h5-15H,4,16H2,1-3H3,(H,31,34)/b22-13+. The van der Waals surface area contributed by atoms with Gasteiger partial charge in [-0.1, -0.05) is 47.0 Å². The molecule has 0 saturated carbocycles. The van der Waals surface area contributed by atoms with Crippen molar-refractivity contribution in [1.29, 1.82) is 0 Å². The Hall–Kier alpha value is -3.81. The molecule has 1 N–H and O–H groups in total. The van der Waals surface area contributed by atoms with Crippen molar-refractivity contribution in [1.82, 2.24) is 0 Å². The van der Waals surface area contributed by atoms with Crippen LogP contribution in [0.2, 0.25) is 10.0 Å². The molecule has 37 heavy (non-hydrogen) atoms. The van der Waals surface area contributed by atoms with Gasteiger partial charge in [0.2, 0.25) is 0 Å². The Kier molecular flexibility index (Phi) is 8.16. The van der Waals surface area contributed by atoms with E-state index in [4.69, 9.17) is 32.7 Å². The molecule has 190 valence electrons. The van der Waals surface area contributed by atoms with Crippen LogP contribution in [0.5, 0.6) is 11.5 Å². The number of aryl methyl sites for hydroxylation is 1. The summed E-state index contributed by atoms with van der Waals surface area (Å²) >= 11 is 12.1. The van der Waals surface area contributed by atoms with Gasteiger partial charge >= 0.3 is 0 Å². The van der Waals surface area contributed by atoms with E-state index in [9.17, 15) is 9.59 Å². The Bertz CT molecular complexity index is 1400. The van der Waals surface area contributed by atoms with Crippen molar-refractivity contribution in [3.05, 3.63) is 87.4 Å². The van der Waals surface area contributed by atoms with E-state index < -0.39 is 0 Å². The number of carbonyl (C=O) groups excluding carboxylic acids is 2. The molecule has 3 aromatic carbocycles. The first kappa shape index (κ1) is 26.3. The van der Waals surface area contributed by atoms with E-state index in [2.05, 4.69) is 10.4 Å². The quantitative estimate of drug-likeness (QED) is 0.331. The predicted molar refractivity (Wildman–Crippen MR) is 148 cm³/mol. The first-order chi connectivity index (χ1) is 17.7. The maximum atomic E-state index is 13.1. The van der Waals surface area contributed by atoms with Crippen molar-refractivity contribution < 1.29 is 19.1 Å². The minimum Gasteiger partial charge on any atom is -0.490 e. The van der Waals surface area contributed by atoms with Gasteiger partial charge in [0.05, 0.1) is 33.6 Å². The molecule has 0 fully saturated rings. The topological polar surface area (TPSA) is 80.2 Å². The smallest absolute Gasteiger partial charge is 0.280 e. The highest BCUT2D eigenvalue weighted by Gasteiger charge is 2.29. The summed E-state index contributed by atoms with van der Waals surface area (Å²) in [6.45, 7) is 5.81. The van der Waals surface area contributed by atoms with Crippen LogP contribution in [0.1, 0.15) is 25.0 Å². The summed E-state index contributed by atoms with van der Waals surface area (Å²) in [7, 11) is 0. The van der Waals surface area contributed by atoms with Crippen molar-refractivity contribution in [3.8, 4) is 11.5 Å². The predicted octanol–water partition coefficient (Wildman–Crippen LogP) is 6.52. The van der Waals surface area contributed by atoms with Crippen molar-refractivity contribution in [3.63, 3.8) is 0 Å². The first-order valence-electron chi connectivity index (χ1n) is 11.6. The van der Waals surface area contributed by atoms with Crippen LogP contribution in [0.4, 0.5) is 11.4 Å². The zero-order valence-electron chi connectivity index (χ0n) is 20.5. The molecule has 4 rings (SSSR count). The number of halogens is 2. The zero-order valence-corrected chi connectivity index (χ0v) is 22.1. The van der Waals surface area contributed by atoms with Gasteiger partial charge in [-0.2, -0.15) is 10.1 Å². The number of hydrogen-bond donors (Lipinski definition) is 1. The highest BCUT2D eigenvalue weighted by atomic mass is 35.5. The maximum Gasteiger partial charge on any atom is 0.280 e. The number of nitrogens with zero attached hydrogens (tertiary/aromatic N) is 2.